The number of carbonyl (C=O) groups is 2. The van der Waals surface area contributed by atoms with Gasteiger partial charge in [-0.25, -0.2) is 27.8 Å². The van der Waals surface area contributed by atoms with Crippen molar-refractivity contribution in [2.24, 2.45) is 18.4 Å². The van der Waals surface area contributed by atoms with Crippen molar-refractivity contribution in [1.82, 2.24) is 58.7 Å². The van der Waals surface area contributed by atoms with Gasteiger partial charge in [0.15, 0.2) is 11.3 Å². The van der Waals surface area contributed by atoms with Gasteiger partial charge in [0.1, 0.15) is 23.2 Å². The second kappa shape index (κ2) is 16.8. The molecule has 65 heavy (non-hydrogen) atoms. The molecule has 0 bridgehead atoms. The molecule has 18 nitrogen and oxygen atoms in total. The predicted octanol–water partition coefficient (Wildman–Crippen LogP) is 4.69. The van der Waals surface area contributed by atoms with E-state index in [1.807, 2.05) is 24.4 Å². The Morgan fingerprint density at radius 1 is 0.923 bits per heavy atom. The van der Waals surface area contributed by atoms with Crippen LogP contribution in [0.25, 0.3) is 33.6 Å². The zero-order valence-corrected chi connectivity index (χ0v) is 36.6. The van der Waals surface area contributed by atoms with E-state index >= 15 is 0 Å². The van der Waals surface area contributed by atoms with Crippen molar-refractivity contribution in [1.29, 1.82) is 0 Å². The van der Waals surface area contributed by atoms with Gasteiger partial charge < -0.3 is 19.4 Å². The first kappa shape index (κ1) is 41.7. The van der Waals surface area contributed by atoms with Crippen LogP contribution in [0.5, 0.6) is 0 Å². The monoisotopic (exact) mass is 892 g/mol. The van der Waals surface area contributed by atoms with E-state index in [0.29, 0.717) is 48.0 Å². The molecule has 9 heterocycles. The number of nitrogens with one attached hydrogen (secondary N) is 1. The lowest BCUT2D eigenvalue weighted by Gasteiger charge is -2.49. The molecule has 11 rings (SSSR count). The Hall–Kier alpha value is -6.02. The van der Waals surface area contributed by atoms with Gasteiger partial charge in [0.2, 0.25) is 11.8 Å². The second-order valence-electron chi connectivity index (χ2n) is 18.8. The minimum absolute atomic E-state index is 0.0183. The van der Waals surface area contributed by atoms with Gasteiger partial charge in [-0.15, -0.1) is 5.10 Å². The van der Waals surface area contributed by atoms with Gasteiger partial charge in [0, 0.05) is 58.9 Å². The smallest absolute Gasteiger partial charge is 0.329 e. The Bertz CT molecular complexity index is 2800. The first-order valence-electron chi connectivity index (χ1n) is 23.1. The highest BCUT2D eigenvalue weighted by atomic mass is 19.3. The predicted molar refractivity (Wildman–Crippen MR) is 236 cm³/mol. The molecular formula is C45H54F2N14O4. The van der Waals surface area contributed by atoms with Crippen molar-refractivity contribution in [2.75, 3.05) is 68.8 Å². The summed E-state index contributed by atoms with van der Waals surface area (Å²) >= 11 is 0. The molecule has 1 aromatic carbocycles. The lowest BCUT2D eigenvalue weighted by molar-refractivity contribution is -0.135. The molecule has 1 atom stereocenters. The number of para-hydroxylation sites is 1. The molecule has 1 saturated carbocycles. The number of hydrogen-bond acceptors (Lipinski definition) is 12. The van der Waals surface area contributed by atoms with E-state index in [9.17, 15) is 23.2 Å². The summed E-state index contributed by atoms with van der Waals surface area (Å²) in [5.41, 5.74) is 4.17. The Kier molecular flexibility index (Phi) is 10.7. The molecule has 1 N–H and O–H groups in total. The number of ether oxygens (including phenoxy) is 1. The molecule has 0 radical (unpaired) electrons. The van der Waals surface area contributed by atoms with Crippen molar-refractivity contribution >= 4 is 40.0 Å². The lowest BCUT2D eigenvalue weighted by Crippen LogP contribution is -2.50. The Balaban J connectivity index is 0.722. The van der Waals surface area contributed by atoms with Gasteiger partial charge in [-0.3, -0.25) is 28.7 Å². The van der Waals surface area contributed by atoms with Crippen LogP contribution in [0.15, 0.2) is 53.8 Å². The maximum absolute atomic E-state index is 14.5. The zero-order chi connectivity index (χ0) is 44.4. The number of aromatic nitrogens is 10. The molecular weight excluding hydrogens is 839 g/mol. The van der Waals surface area contributed by atoms with Gasteiger partial charge in [0.05, 0.1) is 60.1 Å². The van der Waals surface area contributed by atoms with Crippen LogP contribution in [0, 0.1) is 11.3 Å². The number of aryl methyl sites for hydroxylation is 1. The summed E-state index contributed by atoms with van der Waals surface area (Å²) in [6.07, 6.45) is 12.8. The van der Waals surface area contributed by atoms with Crippen molar-refractivity contribution in [3.8, 4) is 16.9 Å². The third-order valence-electron chi connectivity index (χ3n) is 14.9. The van der Waals surface area contributed by atoms with Crippen LogP contribution >= 0.6 is 0 Å². The van der Waals surface area contributed by atoms with Crippen LogP contribution in [0.3, 0.4) is 0 Å². The molecule has 1 spiro atoms. The number of likely N-dealkylation sites (tertiary alicyclic amines) is 1. The number of amides is 2. The minimum atomic E-state index is -2.78. The van der Waals surface area contributed by atoms with Crippen molar-refractivity contribution in [2.45, 2.75) is 82.7 Å². The van der Waals surface area contributed by atoms with E-state index in [1.165, 1.54) is 11.1 Å². The number of halogens is 2. The number of alkyl halides is 2. The molecule has 4 aliphatic heterocycles. The first-order chi connectivity index (χ1) is 31.6. The van der Waals surface area contributed by atoms with Crippen LogP contribution in [-0.4, -0.2) is 124 Å². The Morgan fingerprint density at radius 3 is 2.52 bits per heavy atom. The third kappa shape index (κ3) is 7.66. The summed E-state index contributed by atoms with van der Waals surface area (Å²) in [6, 6.07) is 7.15. The molecule has 20 heteroatoms. The molecule has 2 amide bonds. The number of imide groups is 1. The average molecular weight is 893 g/mol. The standard InChI is InChI=1S/C45H54F2N14O4/c1-54-40-33(4-2-5-34(40)61(44(54)64)35-10-11-38(62)50-43(35)63)56-18-14-45(15-19-56)13-3-16-55(28-45)25-29-6-8-30(9-7-29)59-27-36(39(52-59)41(46)47)60-26-32(51-53-60)31-24-48-58-17-12-37(49-42(31)58)57-20-22-65-23-21-57/h2,4-5,12,17,24,26-27,29-30,35,41H,3,6-11,13-16,18-23,25,28H2,1H3,(H,50,62,63). The molecule has 342 valence electrons. The van der Waals surface area contributed by atoms with Gasteiger partial charge in [-0.2, -0.15) is 10.2 Å². The summed E-state index contributed by atoms with van der Waals surface area (Å²) in [6.45, 7) is 7.70. The first-order valence-corrected chi connectivity index (χ1v) is 23.1. The number of rotatable bonds is 9. The van der Waals surface area contributed by atoms with Gasteiger partial charge in [-0.05, 0) is 93.9 Å². The summed E-state index contributed by atoms with van der Waals surface area (Å²) in [7, 11) is 1.76. The fourth-order valence-electron chi connectivity index (χ4n) is 11.4. The molecule has 5 aliphatic rings. The van der Waals surface area contributed by atoms with E-state index in [2.05, 4.69) is 46.6 Å². The highest BCUT2D eigenvalue weighted by Crippen LogP contribution is 2.43. The normalized spacial score (nSPS) is 23.4. The molecule has 1 unspecified atom stereocenters. The summed E-state index contributed by atoms with van der Waals surface area (Å²) in [4.78, 5) is 50.3. The van der Waals surface area contributed by atoms with E-state index < -0.39 is 18.4 Å². The number of anilines is 2. The average Bonchev–Trinajstić information content (AvgIpc) is 4.13. The highest BCUT2D eigenvalue weighted by Gasteiger charge is 2.40. The van der Waals surface area contributed by atoms with Crippen LogP contribution in [0.4, 0.5) is 20.3 Å². The van der Waals surface area contributed by atoms with Crippen LogP contribution in [0.1, 0.15) is 88.4 Å². The molecule has 5 aromatic heterocycles. The number of piperidine rings is 3. The maximum atomic E-state index is 14.5. The molecule has 6 aromatic rings. The zero-order valence-electron chi connectivity index (χ0n) is 36.6. The van der Waals surface area contributed by atoms with E-state index in [4.69, 9.17) is 9.72 Å². The summed E-state index contributed by atoms with van der Waals surface area (Å²) < 4.78 is 42.6. The summed E-state index contributed by atoms with van der Waals surface area (Å²) in [5.74, 6) is 0.608. The topological polar surface area (TPSA) is 171 Å². The largest absolute Gasteiger partial charge is 0.378 e. The maximum Gasteiger partial charge on any atom is 0.329 e. The third-order valence-corrected chi connectivity index (χ3v) is 14.9. The molecule has 5 fully saturated rings. The van der Waals surface area contributed by atoms with Crippen LogP contribution in [-0.2, 0) is 21.4 Å². The van der Waals surface area contributed by atoms with E-state index in [0.717, 1.165) is 108 Å². The number of nitrogens with zero attached hydrogens (tertiary/aromatic N) is 13. The fraction of sp³-hybridized carbons (Fsp3) is 0.556. The fourth-order valence-corrected chi connectivity index (χ4v) is 11.4. The number of morpholine rings is 1. The van der Waals surface area contributed by atoms with Gasteiger partial charge in [-0.1, -0.05) is 11.3 Å². The number of imidazole rings is 1. The number of fused-ring (bicyclic) bond motifs is 2. The van der Waals surface area contributed by atoms with Gasteiger partial charge >= 0.3 is 5.69 Å². The Labute approximate surface area is 373 Å². The van der Waals surface area contributed by atoms with E-state index in [1.54, 1.807) is 44.0 Å². The van der Waals surface area contributed by atoms with Crippen LogP contribution < -0.4 is 20.8 Å². The highest BCUT2D eigenvalue weighted by molar-refractivity contribution is 6.00. The molecule has 1 aliphatic carbocycles. The molecule has 4 saturated heterocycles. The van der Waals surface area contributed by atoms with Gasteiger partial charge in [0.25, 0.3) is 6.43 Å². The second-order valence-corrected chi connectivity index (χ2v) is 18.8. The lowest BCUT2D eigenvalue weighted by atomic mass is 9.72. The van der Waals surface area contributed by atoms with Crippen molar-refractivity contribution in [3.05, 3.63) is 65.2 Å². The van der Waals surface area contributed by atoms with E-state index in [-0.39, 0.29) is 40.9 Å². The van der Waals surface area contributed by atoms with Crippen LogP contribution in [0.2, 0.25) is 0 Å². The summed E-state index contributed by atoms with van der Waals surface area (Å²) in [5, 5.41) is 20.0. The number of benzene rings is 1. The number of carbonyl (C=O) groups excluding carboxylic acids is 2. The SMILES string of the molecule is Cn1c(=O)n(C2CCC(=O)NC2=O)c2cccc(N3CCC4(CCCN(CC5CCC(n6cc(-n7cc(-c8cnn9ccc(N%10CCOCC%10)nc89)nn7)c(C(F)F)n6)CC5)C4)CC3)c21. The number of hydrogen-bond donors (Lipinski definition) is 1. The van der Waals surface area contributed by atoms with Crippen molar-refractivity contribution < 1.29 is 23.1 Å². The Morgan fingerprint density at radius 2 is 1.74 bits per heavy atom. The van der Waals surface area contributed by atoms with Crippen molar-refractivity contribution in [3.63, 3.8) is 0 Å². The minimum Gasteiger partial charge on any atom is -0.378 e. The quantitative estimate of drug-likeness (QED) is 0.199.